The number of likely N-dealkylation sites (tertiary alicyclic amines) is 1. The van der Waals surface area contributed by atoms with Gasteiger partial charge in [-0.2, -0.15) is 0 Å². The van der Waals surface area contributed by atoms with Crippen molar-refractivity contribution in [2.75, 3.05) is 46.3 Å². The van der Waals surface area contributed by atoms with E-state index in [1.54, 1.807) is 34.8 Å². The summed E-state index contributed by atoms with van der Waals surface area (Å²) in [6.07, 6.45) is 3.13. The molecule has 3 heterocycles. The van der Waals surface area contributed by atoms with Gasteiger partial charge in [-0.3, -0.25) is 19.3 Å². The lowest BCUT2D eigenvalue weighted by molar-refractivity contribution is -0.137. The van der Waals surface area contributed by atoms with Gasteiger partial charge < -0.3 is 19.5 Å². The molecule has 1 aromatic heterocycles. The van der Waals surface area contributed by atoms with Gasteiger partial charge in [0.25, 0.3) is 11.7 Å². The van der Waals surface area contributed by atoms with Gasteiger partial charge in [-0.15, -0.1) is 0 Å². The van der Waals surface area contributed by atoms with Crippen LogP contribution >= 0.6 is 0 Å². The van der Waals surface area contributed by atoms with Crippen molar-refractivity contribution in [3.05, 3.63) is 24.0 Å². The molecule has 3 rings (SSSR count). The number of aryl methyl sites for hydroxylation is 1. The molecule has 1 aromatic rings. The number of aliphatic carboxylic acids is 1. The largest absolute Gasteiger partial charge is 0.481 e. The first kappa shape index (κ1) is 20.5. The van der Waals surface area contributed by atoms with E-state index in [4.69, 9.17) is 5.11 Å². The SMILES string of the molecule is CN1CCN([C@@H]2CCN(C(=O)C(=O)c3cccn3C)C[C@@H]2CCC(=O)O)CC1. The summed E-state index contributed by atoms with van der Waals surface area (Å²) < 4.78 is 1.65. The van der Waals surface area contributed by atoms with Crippen molar-refractivity contribution in [1.29, 1.82) is 0 Å². The van der Waals surface area contributed by atoms with Crippen molar-refractivity contribution < 1.29 is 19.5 Å². The van der Waals surface area contributed by atoms with E-state index < -0.39 is 17.7 Å². The number of hydrogen-bond acceptors (Lipinski definition) is 5. The van der Waals surface area contributed by atoms with Crippen LogP contribution in [0.1, 0.15) is 29.8 Å². The predicted molar refractivity (Wildman–Crippen MR) is 104 cm³/mol. The van der Waals surface area contributed by atoms with E-state index in [2.05, 4.69) is 16.8 Å². The van der Waals surface area contributed by atoms with E-state index in [9.17, 15) is 14.4 Å². The maximum atomic E-state index is 12.8. The second kappa shape index (κ2) is 8.87. The maximum Gasteiger partial charge on any atom is 0.303 e. The zero-order valence-corrected chi connectivity index (χ0v) is 16.7. The summed E-state index contributed by atoms with van der Waals surface area (Å²) in [4.78, 5) is 42.9. The van der Waals surface area contributed by atoms with Crippen LogP contribution in [0.2, 0.25) is 0 Å². The number of Topliss-reactive ketones (excluding diaryl/α,β-unsaturated/α-hetero) is 1. The van der Waals surface area contributed by atoms with Gasteiger partial charge in [0.1, 0.15) is 0 Å². The van der Waals surface area contributed by atoms with Crippen molar-refractivity contribution in [2.24, 2.45) is 13.0 Å². The number of hydrogen-bond donors (Lipinski definition) is 1. The number of piperazine rings is 1. The lowest BCUT2D eigenvalue weighted by atomic mass is 9.86. The molecule has 154 valence electrons. The average Bonchev–Trinajstić information content (AvgIpc) is 3.11. The Labute approximate surface area is 165 Å². The molecule has 2 aliphatic rings. The highest BCUT2D eigenvalue weighted by Gasteiger charge is 2.37. The molecule has 0 bridgehead atoms. The standard InChI is InChI=1S/C20H30N4O4/c1-21-10-12-23(13-11-21)16-7-9-24(14-15(16)5-6-18(25)26)20(28)19(27)17-4-3-8-22(17)2/h3-4,8,15-16H,5-7,9-14H2,1-2H3,(H,25,26)/t15-,16+/m0/s1. The highest BCUT2D eigenvalue weighted by molar-refractivity contribution is 6.42. The van der Waals surface area contributed by atoms with Gasteiger partial charge in [-0.1, -0.05) is 0 Å². The normalized spacial score (nSPS) is 24.3. The molecular formula is C20H30N4O4. The van der Waals surface area contributed by atoms with Crippen LogP contribution in [0.5, 0.6) is 0 Å². The summed E-state index contributed by atoms with van der Waals surface area (Å²) in [5.74, 6) is -1.74. The second-order valence-corrected chi connectivity index (χ2v) is 7.97. The Kier molecular flexibility index (Phi) is 6.51. The number of rotatable bonds is 6. The Balaban J connectivity index is 1.69. The Morgan fingerprint density at radius 1 is 1.11 bits per heavy atom. The first-order valence-electron chi connectivity index (χ1n) is 9.96. The predicted octanol–water partition coefficient (Wildman–Crippen LogP) is 0.537. The topological polar surface area (TPSA) is 86.1 Å². The van der Waals surface area contributed by atoms with E-state index in [1.807, 2.05) is 0 Å². The summed E-state index contributed by atoms with van der Waals surface area (Å²) in [5, 5.41) is 9.14. The summed E-state index contributed by atoms with van der Waals surface area (Å²) >= 11 is 0. The van der Waals surface area contributed by atoms with Crippen LogP contribution in [-0.4, -0.2) is 94.4 Å². The molecule has 1 N–H and O–H groups in total. The molecule has 0 aromatic carbocycles. The third-order valence-corrected chi connectivity index (χ3v) is 6.09. The van der Waals surface area contributed by atoms with Gasteiger partial charge in [0.15, 0.2) is 0 Å². The highest BCUT2D eigenvalue weighted by Crippen LogP contribution is 2.27. The van der Waals surface area contributed by atoms with Crippen molar-refractivity contribution >= 4 is 17.7 Å². The van der Waals surface area contributed by atoms with Gasteiger partial charge in [0.05, 0.1) is 5.69 Å². The lowest BCUT2D eigenvalue weighted by Crippen LogP contribution is -2.57. The molecule has 0 spiro atoms. The Morgan fingerprint density at radius 3 is 2.43 bits per heavy atom. The molecule has 0 aliphatic carbocycles. The van der Waals surface area contributed by atoms with Crippen LogP contribution in [0.15, 0.2) is 18.3 Å². The number of piperidine rings is 1. The summed E-state index contributed by atoms with van der Waals surface area (Å²) in [7, 11) is 3.85. The molecule has 1 amide bonds. The number of carbonyl (C=O) groups excluding carboxylic acids is 2. The molecule has 0 unspecified atom stereocenters. The third-order valence-electron chi connectivity index (χ3n) is 6.09. The monoisotopic (exact) mass is 390 g/mol. The number of ketones is 1. The molecular weight excluding hydrogens is 360 g/mol. The Morgan fingerprint density at radius 2 is 1.82 bits per heavy atom. The molecule has 8 heteroatoms. The van der Waals surface area contributed by atoms with Crippen LogP contribution in [0.4, 0.5) is 0 Å². The van der Waals surface area contributed by atoms with Crippen LogP contribution in [0.25, 0.3) is 0 Å². The van der Waals surface area contributed by atoms with E-state index in [0.29, 0.717) is 25.2 Å². The molecule has 8 nitrogen and oxygen atoms in total. The van der Waals surface area contributed by atoms with E-state index in [-0.39, 0.29) is 18.4 Å². The fourth-order valence-electron chi connectivity index (χ4n) is 4.38. The molecule has 0 saturated carbocycles. The van der Waals surface area contributed by atoms with Gasteiger partial charge >= 0.3 is 5.97 Å². The molecule has 2 saturated heterocycles. The van der Waals surface area contributed by atoms with Gasteiger partial charge in [-0.25, -0.2) is 0 Å². The van der Waals surface area contributed by atoms with Gasteiger partial charge in [-0.05, 0) is 37.9 Å². The van der Waals surface area contributed by atoms with E-state index in [0.717, 1.165) is 32.6 Å². The second-order valence-electron chi connectivity index (χ2n) is 7.97. The first-order chi connectivity index (χ1) is 13.4. The average molecular weight is 390 g/mol. The van der Waals surface area contributed by atoms with Crippen molar-refractivity contribution in [3.8, 4) is 0 Å². The third kappa shape index (κ3) is 4.62. The first-order valence-corrected chi connectivity index (χ1v) is 9.96. The minimum absolute atomic E-state index is 0.0680. The Bertz CT molecular complexity index is 724. The summed E-state index contributed by atoms with van der Waals surface area (Å²) in [6, 6.07) is 3.66. The van der Waals surface area contributed by atoms with Crippen molar-refractivity contribution in [3.63, 3.8) is 0 Å². The highest BCUT2D eigenvalue weighted by atomic mass is 16.4. The number of carbonyl (C=O) groups is 3. The van der Waals surface area contributed by atoms with Gasteiger partial charge in [0, 0.05) is 65.0 Å². The van der Waals surface area contributed by atoms with E-state index in [1.165, 1.54) is 0 Å². The van der Waals surface area contributed by atoms with Crippen molar-refractivity contribution in [1.82, 2.24) is 19.3 Å². The smallest absolute Gasteiger partial charge is 0.303 e. The molecule has 2 fully saturated rings. The number of carboxylic acid groups (broad SMARTS) is 1. The number of nitrogens with zero attached hydrogens (tertiary/aromatic N) is 4. The lowest BCUT2D eigenvalue weighted by Gasteiger charge is -2.46. The minimum Gasteiger partial charge on any atom is -0.481 e. The fraction of sp³-hybridized carbons (Fsp3) is 0.650. The summed E-state index contributed by atoms with van der Waals surface area (Å²) in [5.41, 5.74) is 0.383. The van der Waals surface area contributed by atoms with Gasteiger partial charge in [0.2, 0.25) is 0 Å². The summed E-state index contributed by atoms with van der Waals surface area (Å²) in [6.45, 7) is 4.89. The zero-order chi connectivity index (χ0) is 20.3. The molecule has 2 atom stereocenters. The van der Waals surface area contributed by atoms with Crippen LogP contribution in [0.3, 0.4) is 0 Å². The number of carboxylic acids is 1. The zero-order valence-electron chi connectivity index (χ0n) is 16.7. The fourth-order valence-corrected chi connectivity index (χ4v) is 4.38. The van der Waals surface area contributed by atoms with Crippen molar-refractivity contribution in [2.45, 2.75) is 25.3 Å². The van der Waals surface area contributed by atoms with Crippen LogP contribution < -0.4 is 0 Å². The van der Waals surface area contributed by atoms with Crippen LogP contribution in [-0.2, 0) is 16.6 Å². The number of amides is 1. The van der Waals surface area contributed by atoms with Crippen LogP contribution in [0, 0.1) is 5.92 Å². The quantitative estimate of drug-likeness (QED) is 0.564. The molecule has 28 heavy (non-hydrogen) atoms. The maximum absolute atomic E-state index is 12.8. The Hall–Kier alpha value is -2.19. The number of aromatic nitrogens is 1. The minimum atomic E-state index is -0.819. The number of likely N-dealkylation sites (N-methyl/N-ethyl adjacent to an activating group) is 1. The van der Waals surface area contributed by atoms with E-state index >= 15 is 0 Å². The molecule has 0 radical (unpaired) electrons. The molecule has 2 aliphatic heterocycles.